The highest BCUT2D eigenvalue weighted by molar-refractivity contribution is 7.87. The fraction of sp³-hybridized carbons (Fsp3) is 0.800. The van der Waals surface area contributed by atoms with Gasteiger partial charge in [0.2, 0.25) is 0 Å². The summed E-state index contributed by atoms with van der Waals surface area (Å²) in [4.78, 5) is 0. The molecule has 0 saturated carbocycles. The standard InChI is InChI=1S/C15H28N4O3S/c1-4-7-19(8-5-2)23(20,21)17-14-6-9-22-15(10-14)13-11-16-18(3)12-13/h11-12,14-15,17H,4-10H2,1-3H3. The minimum Gasteiger partial charge on any atom is -0.373 e. The first-order valence-electron chi connectivity index (χ1n) is 8.33. The van der Waals surface area contributed by atoms with E-state index in [0.29, 0.717) is 32.5 Å². The molecule has 2 atom stereocenters. The van der Waals surface area contributed by atoms with Gasteiger partial charge in [0.1, 0.15) is 0 Å². The molecule has 1 saturated heterocycles. The summed E-state index contributed by atoms with van der Waals surface area (Å²) in [5.74, 6) is 0. The molecule has 2 unspecified atom stereocenters. The minimum absolute atomic E-state index is 0.101. The normalized spacial score (nSPS) is 22.6. The number of aromatic nitrogens is 2. The highest BCUT2D eigenvalue weighted by Crippen LogP contribution is 2.28. The summed E-state index contributed by atoms with van der Waals surface area (Å²) < 4.78 is 37.1. The van der Waals surface area contributed by atoms with Crippen LogP contribution < -0.4 is 4.72 Å². The van der Waals surface area contributed by atoms with Crippen molar-refractivity contribution in [2.45, 2.75) is 51.7 Å². The molecule has 0 bridgehead atoms. The Labute approximate surface area is 139 Å². The van der Waals surface area contributed by atoms with Crippen molar-refractivity contribution in [3.05, 3.63) is 18.0 Å². The molecular formula is C15H28N4O3S. The second-order valence-electron chi connectivity index (χ2n) is 6.05. The first-order chi connectivity index (χ1) is 11.0. The zero-order chi connectivity index (χ0) is 16.9. The maximum Gasteiger partial charge on any atom is 0.279 e. The molecular weight excluding hydrogens is 316 g/mol. The molecule has 23 heavy (non-hydrogen) atoms. The fourth-order valence-corrected chi connectivity index (χ4v) is 4.51. The smallest absolute Gasteiger partial charge is 0.279 e. The lowest BCUT2D eigenvalue weighted by atomic mass is 10.0. The van der Waals surface area contributed by atoms with Crippen molar-refractivity contribution in [3.63, 3.8) is 0 Å². The lowest BCUT2D eigenvalue weighted by molar-refractivity contribution is 0.00376. The molecule has 0 aliphatic carbocycles. The maximum atomic E-state index is 12.6. The zero-order valence-corrected chi connectivity index (χ0v) is 15.1. The van der Waals surface area contributed by atoms with Crippen molar-refractivity contribution < 1.29 is 13.2 Å². The van der Waals surface area contributed by atoms with Gasteiger partial charge in [-0.05, 0) is 25.7 Å². The average molecular weight is 344 g/mol. The molecule has 7 nitrogen and oxygen atoms in total. The Morgan fingerprint density at radius 2 is 2.09 bits per heavy atom. The van der Waals surface area contributed by atoms with Crippen LogP contribution in [0.4, 0.5) is 0 Å². The van der Waals surface area contributed by atoms with E-state index in [1.807, 2.05) is 27.1 Å². The van der Waals surface area contributed by atoms with Gasteiger partial charge in [-0.2, -0.15) is 22.5 Å². The first-order valence-corrected chi connectivity index (χ1v) is 9.77. The van der Waals surface area contributed by atoms with E-state index in [2.05, 4.69) is 9.82 Å². The summed E-state index contributed by atoms with van der Waals surface area (Å²) in [6, 6.07) is -0.102. The summed E-state index contributed by atoms with van der Waals surface area (Å²) in [6.07, 6.45) is 6.55. The summed E-state index contributed by atoms with van der Waals surface area (Å²) in [6.45, 7) is 5.64. The maximum absolute atomic E-state index is 12.6. The van der Waals surface area contributed by atoms with Gasteiger partial charge in [-0.1, -0.05) is 13.8 Å². The van der Waals surface area contributed by atoms with Gasteiger partial charge in [-0.3, -0.25) is 4.68 Å². The van der Waals surface area contributed by atoms with Crippen molar-refractivity contribution in [2.75, 3.05) is 19.7 Å². The van der Waals surface area contributed by atoms with Gasteiger partial charge in [0.25, 0.3) is 10.2 Å². The molecule has 1 aliphatic rings. The predicted molar refractivity (Wildman–Crippen MR) is 89.1 cm³/mol. The van der Waals surface area contributed by atoms with Crippen LogP contribution in [0.5, 0.6) is 0 Å². The third kappa shape index (κ3) is 5.00. The van der Waals surface area contributed by atoms with Crippen LogP contribution in [0.2, 0.25) is 0 Å². The number of hydrogen-bond donors (Lipinski definition) is 1. The fourth-order valence-electron chi connectivity index (χ4n) is 2.88. The molecule has 2 heterocycles. The van der Waals surface area contributed by atoms with Gasteiger partial charge in [0.05, 0.1) is 12.3 Å². The van der Waals surface area contributed by atoms with E-state index in [0.717, 1.165) is 18.4 Å². The van der Waals surface area contributed by atoms with Crippen LogP contribution in [0.25, 0.3) is 0 Å². The SMILES string of the molecule is CCCN(CCC)S(=O)(=O)NC1CCOC(c2cnn(C)c2)C1. The van der Waals surface area contributed by atoms with Crippen LogP contribution in [-0.2, 0) is 22.0 Å². The average Bonchev–Trinajstić information content (AvgIpc) is 2.93. The molecule has 0 amide bonds. The Morgan fingerprint density at radius 1 is 1.39 bits per heavy atom. The molecule has 1 aromatic heterocycles. The van der Waals surface area contributed by atoms with E-state index in [4.69, 9.17) is 4.74 Å². The van der Waals surface area contributed by atoms with E-state index in [1.54, 1.807) is 15.2 Å². The van der Waals surface area contributed by atoms with Gasteiger partial charge >= 0.3 is 0 Å². The number of ether oxygens (including phenoxy) is 1. The summed E-state index contributed by atoms with van der Waals surface area (Å²) in [5, 5.41) is 4.16. The quantitative estimate of drug-likeness (QED) is 0.777. The van der Waals surface area contributed by atoms with Crippen LogP contribution in [0.15, 0.2) is 12.4 Å². The molecule has 132 valence electrons. The Bertz CT molecular complexity index is 581. The lowest BCUT2D eigenvalue weighted by Gasteiger charge is -2.31. The van der Waals surface area contributed by atoms with Gasteiger partial charge in [0, 0.05) is 44.5 Å². The second kappa shape index (κ2) is 8.23. The molecule has 2 rings (SSSR count). The molecule has 1 aliphatic heterocycles. The Kier molecular flexibility index (Phi) is 6.58. The van der Waals surface area contributed by atoms with Crippen molar-refractivity contribution in [1.82, 2.24) is 18.8 Å². The van der Waals surface area contributed by atoms with Crippen molar-refractivity contribution >= 4 is 10.2 Å². The number of aryl methyl sites for hydroxylation is 1. The number of hydrogen-bond acceptors (Lipinski definition) is 4. The van der Waals surface area contributed by atoms with E-state index in [1.165, 1.54) is 0 Å². The van der Waals surface area contributed by atoms with Gasteiger partial charge < -0.3 is 4.74 Å². The molecule has 1 fully saturated rings. The zero-order valence-electron chi connectivity index (χ0n) is 14.2. The van der Waals surface area contributed by atoms with Crippen molar-refractivity contribution in [1.29, 1.82) is 0 Å². The van der Waals surface area contributed by atoms with Gasteiger partial charge in [0.15, 0.2) is 0 Å². The van der Waals surface area contributed by atoms with Crippen LogP contribution in [0.1, 0.15) is 51.2 Å². The highest BCUT2D eigenvalue weighted by Gasteiger charge is 2.30. The topological polar surface area (TPSA) is 76.5 Å². The Hall–Kier alpha value is -0.960. The molecule has 0 aromatic carbocycles. The largest absolute Gasteiger partial charge is 0.373 e. The number of nitrogens with one attached hydrogen (secondary N) is 1. The summed E-state index contributed by atoms with van der Waals surface area (Å²) in [7, 11) is -1.58. The van der Waals surface area contributed by atoms with Gasteiger partial charge in [-0.25, -0.2) is 0 Å². The van der Waals surface area contributed by atoms with Gasteiger partial charge in [-0.15, -0.1) is 0 Å². The molecule has 1 N–H and O–H groups in total. The summed E-state index contributed by atoms with van der Waals surface area (Å²) in [5.41, 5.74) is 0.996. The molecule has 0 radical (unpaired) electrons. The van der Waals surface area contributed by atoms with Crippen molar-refractivity contribution in [2.24, 2.45) is 7.05 Å². The number of rotatable bonds is 8. The van der Waals surface area contributed by atoms with E-state index >= 15 is 0 Å². The first kappa shape index (κ1) is 18.4. The van der Waals surface area contributed by atoms with Crippen LogP contribution in [-0.4, -0.2) is 48.2 Å². The van der Waals surface area contributed by atoms with E-state index in [-0.39, 0.29) is 12.1 Å². The second-order valence-corrected chi connectivity index (χ2v) is 7.75. The Morgan fingerprint density at radius 3 is 2.65 bits per heavy atom. The monoisotopic (exact) mass is 344 g/mol. The number of nitrogens with zero attached hydrogens (tertiary/aromatic N) is 3. The molecule has 8 heteroatoms. The van der Waals surface area contributed by atoms with E-state index < -0.39 is 10.2 Å². The molecule has 0 spiro atoms. The predicted octanol–water partition coefficient (Wildman–Crippen LogP) is 1.60. The molecule has 1 aromatic rings. The summed E-state index contributed by atoms with van der Waals surface area (Å²) >= 11 is 0. The van der Waals surface area contributed by atoms with Crippen LogP contribution in [0.3, 0.4) is 0 Å². The van der Waals surface area contributed by atoms with Crippen LogP contribution in [0, 0.1) is 0 Å². The van der Waals surface area contributed by atoms with E-state index in [9.17, 15) is 8.42 Å². The van der Waals surface area contributed by atoms with Crippen molar-refractivity contribution in [3.8, 4) is 0 Å². The third-order valence-corrected chi connectivity index (χ3v) is 5.66. The minimum atomic E-state index is -3.44. The van der Waals surface area contributed by atoms with Crippen LogP contribution >= 0.6 is 0 Å². The highest BCUT2D eigenvalue weighted by atomic mass is 32.2. The lowest BCUT2D eigenvalue weighted by Crippen LogP contribution is -2.47. The third-order valence-electron chi connectivity index (χ3n) is 3.98. The Balaban J connectivity index is 2.00.